The Morgan fingerprint density at radius 1 is 1.10 bits per heavy atom. The lowest BCUT2D eigenvalue weighted by Gasteiger charge is -1.96. The number of nitrogens with zero attached hydrogens (tertiary/aromatic N) is 3. The number of hydrogen-bond acceptors (Lipinski definition) is 1. The Balaban J connectivity index is 0.000000735. The third-order valence-electron chi connectivity index (χ3n) is 3.60. The van der Waals surface area contributed by atoms with Gasteiger partial charge >= 0.3 is 5.70 Å². The first-order valence-electron chi connectivity index (χ1n) is 6.07. The first kappa shape index (κ1) is 15.6. The molecule has 6 heteroatoms. The van der Waals surface area contributed by atoms with Crippen LogP contribution in [0.4, 0.5) is 5.69 Å². The van der Waals surface area contributed by atoms with Crippen LogP contribution in [0.1, 0.15) is 6.42 Å². The molecule has 0 aliphatic carbocycles. The largest absolute Gasteiger partial charge is 1.00 e. The predicted octanol–water partition coefficient (Wildman–Crippen LogP) is -2.90. The van der Waals surface area contributed by atoms with Gasteiger partial charge in [-0.15, -0.1) is 0 Å². The molecular formula is C14H12Br2ClN3. The zero-order chi connectivity index (χ0) is 12.1. The summed E-state index contributed by atoms with van der Waals surface area (Å²) in [6.07, 6.45) is 5.39. The van der Waals surface area contributed by atoms with Crippen molar-refractivity contribution in [3.8, 4) is 0 Å². The van der Waals surface area contributed by atoms with Crippen LogP contribution in [0.2, 0.25) is 5.02 Å². The van der Waals surface area contributed by atoms with E-state index in [1.807, 2.05) is 24.3 Å². The van der Waals surface area contributed by atoms with Crippen LogP contribution in [0.25, 0.3) is 0 Å². The molecule has 0 atom stereocenters. The quantitative estimate of drug-likeness (QED) is 0.437. The summed E-state index contributed by atoms with van der Waals surface area (Å²) in [5.74, 6) is 0. The second-order valence-electron chi connectivity index (χ2n) is 4.70. The fourth-order valence-electron chi connectivity index (χ4n) is 2.78. The molecular weight excluding hydrogens is 405 g/mol. The summed E-state index contributed by atoms with van der Waals surface area (Å²) in [7, 11) is 0. The van der Waals surface area contributed by atoms with Gasteiger partial charge in [-0.3, -0.25) is 0 Å². The summed E-state index contributed by atoms with van der Waals surface area (Å²) in [5, 5.41) is 5.38. The molecule has 1 aromatic carbocycles. The third kappa shape index (κ3) is 2.32. The number of azo groups is 2. The molecule has 3 aliphatic heterocycles. The fraction of sp³-hybridized carbons (Fsp3) is 0.214. The molecule has 0 saturated carbocycles. The van der Waals surface area contributed by atoms with Crippen LogP contribution in [0.15, 0.2) is 52.9 Å². The van der Waals surface area contributed by atoms with E-state index in [1.165, 1.54) is 17.0 Å². The topological polar surface area (TPSA) is 18.4 Å². The van der Waals surface area contributed by atoms with Crippen molar-refractivity contribution in [1.29, 1.82) is 0 Å². The summed E-state index contributed by atoms with van der Waals surface area (Å²) in [6, 6.07) is 7.87. The first-order chi connectivity index (χ1) is 8.83. The van der Waals surface area contributed by atoms with Gasteiger partial charge in [0.25, 0.3) is 5.71 Å². The van der Waals surface area contributed by atoms with Crippen molar-refractivity contribution in [3.05, 3.63) is 52.8 Å². The summed E-state index contributed by atoms with van der Waals surface area (Å²) in [6.45, 7) is 1.81. The SMILES string of the molecule is Clc1ccc([N+]2=NCC3=C2C2=[N+](C=CC2)C3)cc1.[Br-].[Br-]. The van der Waals surface area contributed by atoms with Crippen molar-refractivity contribution in [1.82, 2.24) is 0 Å². The summed E-state index contributed by atoms with van der Waals surface area (Å²) >= 11 is 5.93. The molecule has 0 radical (unpaired) electrons. The number of halogens is 3. The van der Waals surface area contributed by atoms with Crippen molar-refractivity contribution in [2.75, 3.05) is 13.1 Å². The van der Waals surface area contributed by atoms with Crippen LogP contribution in [0.3, 0.4) is 0 Å². The highest BCUT2D eigenvalue weighted by molar-refractivity contribution is 6.30. The number of hydrogen-bond donors (Lipinski definition) is 0. The summed E-state index contributed by atoms with van der Waals surface area (Å²) < 4.78 is 4.39. The highest BCUT2D eigenvalue weighted by atomic mass is 79.9. The van der Waals surface area contributed by atoms with E-state index in [1.54, 1.807) is 0 Å². The predicted molar refractivity (Wildman–Crippen MR) is 69.6 cm³/mol. The molecule has 104 valence electrons. The van der Waals surface area contributed by atoms with E-state index in [0.29, 0.717) is 0 Å². The van der Waals surface area contributed by atoms with Crippen LogP contribution in [-0.4, -0.2) is 28.1 Å². The minimum Gasteiger partial charge on any atom is -1.00 e. The Kier molecular flexibility index (Phi) is 4.62. The van der Waals surface area contributed by atoms with Gasteiger partial charge in [-0.2, -0.15) is 4.58 Å². The third-order valence-corrected chi connectivity index (χ3v) is 3.85. The van der Waals surface area contributed by atoms with E-state index < -0.39 is 0 Å². The Labute approximate surface area is 143 Å². The lowest BCUT2D eigenvalue weighted by atomic mass is 10.1. The van der Waals surface area contributed by atoms with Crippen LogP contribution < -0.4 is 34.0 Å². The molecule has 0 bridgehead atoms. The Morgan fingerprint density at radius 3 is 2.60 bits per heavy atom. The van der Waals surface area contributed by atoms with Crippen molar-refractivity contribution in [3.63, 3.8) is 0 Å². The highest BCUT2D eigenvalue weighted by Crippen LogP contribution is 2.32. The van der Waals surface area contributed by atoms with Crippen LogP contribution >= 0.6 is 11.6 Å². The van der Waals surface area contributed by atoms with Gasteiger partial charge in [0.15, 0.2) is 12.7 Å². The van der Waals surface area contributed by atoms with Crippen molar-refractivity contribution < 1.29 is 43.2 Å². The summed E-state index contributed by atoms with van der Waals surface area (Å²) in [5.41, 5.74) is 5.18. The monoisotopic (exact) mass is 415 g/mol. The normalized spacial score (nSPS) is 18.6. The van der Waals surface area contributed by atoms with Gasteiger partial charge < -0.3 is 34.0 Å². The van der Waals surface area contributed by atoms with E-state index >= 15 is 0 Å². The molecule has 0 fully saturated rings. The molecule has 20 heavy (non-hydrogen) atoms. The standard InChI is InChI=1S/C14H12ClN3.2BrH/c15-11-3-5-12(6-4-11)18-14-10(8-16-18)9-17-7-1-2-13(14)17;;/h1,3-7H,2,8-9H2;2*1H/q+2;;/p-2. The smallest absolute Gasteiger partial charge is 0.312 e. The molecule has 0 aromatic heterocycles. The number of fused-ring (bicyclic) bond motifs is 1. The Hall–Kier alpha value is -0.780. The van der Waals surface area contributed by atoms with Crippen LogP contribution in [-0.2, 0) is 0 Å². The van der Waals surface area contributed by atoms with Gasteiger partial charge in [0.05, 0.1) is 6.42 Å². The zero-order valence-corrected chi connectivity index (χ0v) is 14.5. The van der Waals surface area contributed by atoms with Gasteiger partial charge in [0.1, 0.15) is 12.1 Å². The Morgan fingerprint density at radius 2 is 1.85 bits per heavy atom. The summed E-state index contributed by atoms with van der Waals surface area (Å²) in [4.78, 5) is 0. The maximum absolute atomic E-state index is 5.93. The fourth-order valence-corrected chi connectivity index (χ4v) is 2.91. The van der Waals surface area contributed by atoms with Crippen molar-refractivity contribution in [2.45, 2.75) is 6.42 Å². The Bertz CT molecular complexity index is 672. The maximum atomic E-state index is 5.93. The van der Waals surface area contributed by atoms with E-state index in [9.17, 15) is 0 Å². The lowest BCUT2D eigenvalue weighted by Crippen LogP contribution is -3.00. The molecule has 3 heterocycles. The minimum absolute atomic E-state index is 0. The minimum atomic E-state index is 0. The maximum Gasteiger partial charge on any atom is 0.312 e. The van der Waals surface area contributed by atoms with Gasteiger partial charge in [0, 0.05) is 17.2 Å². The number of allylic oxidation sites excluding steroid dienone is 2. The molecule has 0 N–H and O–H groups in total. The molecule has 4 rings (SSSR count). The highest BCUT2D eigenvalue weighted by Gasteiger charge is 2.45. The average molecular weight is 418 g/mol. The lowest BCUT2D eigenvalue weighted by molar-refractivity contribution is -0.464. The van der Waals surface area contributed by atoms with Crippen LogP contribution in [0.5, 0.6) is 0 Å². The van der Waals surface area contributed by atoms with Gasteiger partial charge in [-0.25, -0.2) is 0 Å². The van der Waals surface area contributed by atoms with Crippen molar-refractivity contribution in [2.24, 2.45) is 5.11 Å². The first-order valence-corrected chi connectivity index (χ1v) is 6.45. The molecule has 0 saturated heterocycles. The zero-order valence-electron chi connectivity index (χ0n) is 10.6. The van der Waals surface area contributed by atoms with E-state index in [4.69, 9.17) is 11.6 Å². The van der Waals surface area contributed by atoms with Gasteiger partial charge in [-0.05, 0) is 28.0 Å². The molecule has 3 aliphatic rings. The van der Waals surface area contributed by atoms with E-state index in [0.717, 1.165) is 30.2 Å². The molecule has 0 spiro atoms. The van der Waals surface area contributed by atoms with Crippen molar-refractivity contribution >= 4 is 23.0 Å². The second kappa shape index (κ2) is 5.92. The van der Waals surface area contributed by atoms with E-state index in [2.05, 4.69) is 26.7 Å². The van der Waals surface area contributed by atoms with Gasteiger partial charge in [-0.1, -0.05) is 11.6 Å². The van der Waals surface area contributed by atoms with Crippen LogP contribution in [0, 0.1) is 0 Å². The van der Waals surface area contributed by atoms with Gasteiger partial charge in [0.2, 0.25) is 5.69 Å². The molecule has 0 unspecified atom stereocenters. The molecule has 1 aromatic rings. The average Bonchev–Trinajstić information content (AvgIpc) is 3.01. The number of rotatable bonds is 1. The molecule has 3 nitrogen and oxygen atoms in total. The number of benzene rings is 1. The van der Waals surface area contributed by atoms with E-state index in [-0.39, 0.29) is 34.0 Å². The second-order valence-corrected chi connectivity index (χ2v) is 5.14. The molecule has 0 amide bonds.